The van der Waals surface area contributed by atoms with Gasteiger partial charge >= 0.3 is 0 Å². The van der Waals surface area contributed by atoms with Gasteiger partial charge in [0.25, 0.3) is 0 Å². The zero-order valence-corrected chi connectivity index (χ0v) is 10.2. The number of hydrogen-bond donors (Lipinski definition) is 2. The average Bonchev–Trinajstić information content (AvgIpc) is 2.33. The van der Waals surface area contributed by atoms with Gasteiger partial charge in [-0.2, -0.15) is 0 Å². The summed E-state index contributed by atoms with van der Waals surface area (Å²) < 4.78 is 0. The number of piperazine rings is 1. The number of hydrogen-bond acceptors (Lipinski definition) is 5. The molecule has 0 bridgehead atoms. The molecule has 0 aromatic carbocycles. The van der Waals surface area contributed by atoms with E-state index in [1.165, 1.54) is 0 Å². The number of rotatable bonds is 2. The number of nitrogens with two attached hydrogens (primary N) is 1. The van der Waals surface area contributed by atoms with E-state index in [-0.39, 0.29) is 16.9 Å². The molecule has 0 saturated carbocycles. The molecular weight excluding hydrogens is 238 g/mol. The Morgan fingerprint density at radius 3 is 3.18 bits per heavy atom. The fourth-order valence-electron chi connectivity index (χ4n) is 1.68. The molecule has 0 spiro atoms. The quantitative estimate of drug-likeness (QED) is 0.685. The fourth-order valence-corrected chi connectivity index (χ4v) is 1.79. The first kappa shape index (κ1) is 11.7. The molecule has 7 heteroatoms. The van der Waals surface area contributed by atoms with Gasteiger partial charge in [0.1, 0.15) is 16.7 Å². The predicted molar refractivity (Wildman–Crippen MR) is 67.7 cm³/mol. The lowest BCUT2D eigenvalue weighted by molar-refractivity contribution is -0.122. The first-order valence-electron chi connectivity index (χ1n) is 5.27. The van der Waals surface area contributed by atoms with E-state index >= 15 is 0 Å². The Hall–Kier alpha value is -1.76. The van der Waals surface area contributed by atoms with Crippen LogP contribution in [-0.4, -0.2) is 40.0 Å². The van der Waals surface area contributed by atoms with Gasteiger partial charge in [-0.25, -0.2) is 9.97 Å². The molecule has 1 unspecified atom stereocenters. The van der Waals surface area contributed by atoms with Crippen LogP contribution in [0, 0.1) is 0 Å². The van der Waals surface area contributed by atoms with E-state index in [9.17, 15) is 4.79 Å². The molecule has 1 amide bonds. The van der Waals surface area contributed by atoms with Gasteiger partial charge in [-0.1, -0.05) is 12.2 Å². The maximum absolute atomic E-state index is 11.5. The van der Waals surface area contributed by atoms with Crippen LogP contribution in [0.15, 0.2) is 12.3 Å². The van der Waals surface area contributed by atoms with Crippen molar-refractivity contribution in [2.75, 3.05) is 18.0 Å². The molecule has 1 aliphatic heterocycles. The molecule has 1 saturated heterocycles. The highest BCUT2D eigenvalue weighted by atomic mass is 32.1. The third kappa shape index (κ3) is 2.33. The summed E-state index contributed by atoms with van der Waals surface area (Å²) in [6.07, 6.45) is 1.59. The summed E-state index contributed by atoms with van der Waals surface area (Å²) in [5, 5.41) is 2.78. The SMILES string of the molecule is CC1C(=O)NCCN1c1nccc(C(N)=S)n1. The van der Waals surface area contributed by atoms with Gasteiger partial charge in [0.05, 0.1) is 0 Å². The highest BCUT2D eigenvalue weighted by Gasteiger charge is 2.27. The Balaban J connectivity index is 2.29. The molecule has 0 aliphatic carbocycles. The molecule has 90 valence electrons. The van der Waals surface area contributed by atoms with Crippen LogP contribution < -0.4 is 16.0 Å². The highest BCUT2D eigenvalue weighted by molar-refractivity contribution is 7.80. The Morgan fingerprint density at radius 2 is 2.47 bits per heavy atom. The lowest BCUT2D eigenvalue weighted by atomic mass is 10.2. The predicted octanol–water partition coefficient (Wildman–Crippen LogP) is -0.564. The largest absolute Gasteiger partial charge is 0.388 e. The average molecular weight is 251 g/mol. The van der Waals surface area contributed by atoms with E-state index in [1.54, 1.807) is 12.3 Å². The number of aromatic nitrogens is 2. The topological polar surface area (TPSA) is 84.1 Å². The molecule has 1 aromatic heterocycles. The van der Waals surface area contributed by atoms with Gasteiger partial charge in [-0.15, -0.1) is 0 Å². The zero-order valence-electron chi connectivity index (χ0n) is 9.38. The number of thiocarbonyl (C=S) groups is 1. The van der Waals surface area contributed by atoms with Crippen LogP contribution in [0.5, 0.6) is 0 Å². The summed E-state index contributed by atoms with van der Waals surface area (Å²) in [5.74, 6) is 0.457. The van der Waals surface area contributed by atoms with Crippen molar-refractivity contribution in [2.45, 2.75) is 13.0 Å². The summed E-state index contributed by atoms with van der Waals surface area (Å²) in [6.45, 7) is 3.07. The van der Waals surface area contributed by atoms with Crippen molar-refractivity contribution in [3.63, 3.8) is 0 Å². The summed E-state index contributed by atoms with van der Waals surface area (Å²) in [5.41, 5.74) is 6.03. The number of anilines is 1. The van der Waals surface area contributed by atoms with Crippen LogP contribution in [0.4, 0.5) is 5.95 Å². The summed E-state index contributed by atoms with van der Waals surface area (Å²) in [6, 6.07) is 1.37. The molecule has 2 heterocycles. The molecular formula is C10H13N5OS. The van der Waals surface area contributed by atoms with E-state index < -0.39 is 0 Å². The van der Waals surface area contributed by atoms with Crippen LogP contribution in [0.25, 0.3) is 0 Å². The molecule has 6 nitrogen and oxygen atoms in total. The minimum absolute atomic E-state index is 0.0272. The van der Waals surface area contributed by atoms with Crippen molar-refractivity contribution in [3.05, 3.63) is 18.0 Å². The first-order valence-corrected chi connectivity index (χ1v) is 5.67. The molecule has 1 aliphatic rings. The molecule has 3 N–H and O–H groups in total. The van der Waals surface area contributed by atoms with Gasteiger partial charge in [-0.05, 0) is 13.0 Å². The van der Waals surface area contributed by atoms with Crippen molar-refractivity contribution in [3.8, 4) is 0 Å². The lowest BCUT2D eigenvalue weighted by Gasteiger charge is -2.32. The minimum Gasteiger partial charge on any atom is -0.388 e. The van der Waals surface area contributed by atoms with Crippen LogP contribution in [0.3, 0.4) is 0 Å². The van der Waals surface area contributed by atoms with Gasteiger partial charge in [0, 0.05) is 19.3 Å². The summed E-state index contributed by atoms with van der Waals surface area (Å²) >= 11 is 4.87. The van der Waals surface area contributed by atoms with Gasteiger partial charge < -0.3 is 16.0 Å². The second kappa shape index (κ2) is 4.62. The van der Waals surface area contributed by atoms with Crippen LogP contribution in [0.1, 0.15) is 12.6 Å². The number of amides is 1. The highest BCUT2D eigenvalue weighted by Crippen LogP contribution is 2.13. The van der Waals surface area contributed by atoms with Gasteiger partial charge in [-0.3, -0.25) is 4.79 Å². The van der Waals surface area contributed by atoms with E-state index in [2.05, 4.69) is 15.3 Å². The smallest absolute Gasteiger partial charge is 0.242 e. The summed E-state index contributed by atoms with van der Waals surface area (Å²) in [7, 11) is 0. The molecule has 0 radical (unpaired) electrons. The zero-order chi connectivity index (χ0) is 12.4. The van der Waals surface area contributed by atoms with Crippen LogP contribution in [-0.2, 0) is 4.79 Å². The Bertz CT molecular complexity index is 464. The Morgan fingerprint density at radius 1 is 1.71 bits per heavy atom. The molecule has 1 fully saturated rings. The third-order valence-electron chi connectivity index (χ3n) is 2.65. The fraction of sp³-hybridized carbons (Fsp3) is 0.400. The van der Waals surface area contributed by atoms with Gasteiger partial charge in [0.2, 0.25) is 11.9 Å². The molecule has 1 aromatic rings. The number of nitrogens with zero attached hydrogens (tertiary/aromatic N) is 3. The monoisotopic (exact) mass is 251 g/mol. The van der Waals surface area contributed by atoms with Gasteiger partial charge in [0.15, 0.2) is 0 Å². The van der Waals surface area contributed by atoms with Crippen molar-refractivity contribution in [1.29, 1.82) is 0 Å². The number of carbonyl (C=O) groups is 1. The van der Waals surface area contributed by atoms with E-state index in [4.69, 9.17) is 18.0 Å². The van der Waals surface area contributed by atoms with Crippen molar-refractivity contribution < 1.29 is 4.79 Å². The maximum atomic E-state index is 11.5. The Kier molecular flexibility index (Phi) is 3.19. The van der Waals surface area contributed by atoms with E-state index in [0.717, 1.165) is 0 Å². The number of carbonyl (C=O) groups excluding carboxylic acids is 1. The van der Waals surface area contributed by atoms with E-state index in [0.29, 0.717) is 24.7 Å². The van der Waals surface area contributed by atoms with Crippen molar-refractivity contribution in [1.82, 2.24) is 15.3 Å². The second-order valence-corrected chi connectivity index (χ2v) is 4.21. The van der Waals surface area contributed by atoms with Crippen LogP contribution in [0.2, 0.25) is 0 Å². The Labute approximate surface area is 104 Å². The van der Waals surface area contributed by atoms with E-state index in [1.807, 2.05) is 11.8 Å². The standard InChI is InChI=1S/C10H13N5OS/c1-6-9(16)12-4-5-15(6)10-13-3-2-7(14-10)8(11)17/h2-3,6H,4-5H2,1H3,(H2,11,17)(H,12,16). The third-order valence-corrected chi connectivity index (χ3v) is 2.86. The first-order chi connectivity index (χ1) is 8.09. The molecule has 1 atom stereocenters. The number of nitrogens with one attached hydrogen (secondary N) is 1. The molecule has 17 heavy (non-hydrogen) atoms. The second-order valence-electron chi connectivity index (χ2n) is 3.77. The van der Waals surface area contributed by atoms with Crippen molar-refractivity contribution in [2.24, 2.45) is 5.73 Å². The maximum Gasteiger partial charge on any atom is 0.242 e. The van der Waals surface area contributed by atoms with Crippen molar-refractivity contribution >= 4 is 29.1 Å². The molecule has 2 rings (SSSR count). The minimum atomic E-state index is -0.287. The normalized spacial score (nSPS) is 19.9. The summed E-state index contributed by atoms with van der Waals surface area (Å²) in [4.78, 5) is 22.0. The van der Waals surface area contributed by atoms with Crippen LogP contribution >= 0.6 is 12.2 Å². The lowest BCUT2D eigenvalue weighted by Crippen LogP contribution is -2.54.